The molecule has 0 aliphatic carbocycles. The van der Waals surface area contributed by atoms with Crippen molar-refractivity contribution in [3.8, 4) is 0 Å². The largest absolute Gasteiger partial charge is 0.465 e. The number of benzene rings is 2. The van der Waals surface area contributed by atoms with Crippen molar-refractivity contribution < 1.29 is 14.3 Å². The molecule has 0 atom stereocenters. The first kappa shape index (κ1) is 15.1. The van der Waals surface area contributed by atoms with Crippen molar-refractivity contribution in [3.63, 3.8) is 0 Å². The van der Waals surface area contributed by atoms with Gasteiger partial charge in [0.25, 0.3) is 5.91 Å². The third-order valence-electron chi connectivity index (χ3n) is 2.99. The van der Waals surface area contributed by atoms with Crippen LogP contribution in [0.3, 0.4) is 0 Å². The molecule has 2 aromatic carbocycles. The minimum absolute atomic E-state index is 0.281. The number of rotatable bonds is 3. The number of amides is 1. The van der Waals surface area contributed by atoms with E-state index in [9.17, 15) is 9.59 Å². The summed E-state index contributed by atoms with van der Waals surface area (Å²) in [5, 5.41) is 3.23. The average molecular weight is 304 g/mol. The number of esters is 1. The molecular weight excluding hydrogens is 290 g/mol. The highest BCUT2D eigenvalue weighted by atomic mass is 35.5. The maximum absolute atomic E-state index is 12.3. The fourth-order valence-electron chi connectivity index (χ4n) is 1.88. The number of methoxy groups -OCH3 is 1. The highest BCUT2D eigenvalue weighted by Crippen LogP contribution is 2.18. The molecule has 0 aromatic heterocycles. The number of carbonyl (C=O) groups excluding carboxylic acids is 2. The second-order valence-corrected chi connectivity index (χ2v) is 4.92. The molecule has 2 rings (SSSR count). The third-order valence-corrected chi connectivity index (χ3v) is 3.22. The Morgan fingerprint density at radius 3 is 2.62 bits per heavy atom. The van der Waals surface area contributed by atoms with Gasteiger partial charge < -0.3 is 10.1 Å². The van der Waals surface area contributed by atoms with Gasteiger partial charge in [-0.2, -0.15) is 0 Å². The Kier molecular flexibility index (Phi) is 4.60. The molecule has 1 amide bonds. The first-order valence-corrected chi connectivity index (χ1v) is 6.65. The SMILES string of the molecule is COC(=O)c1cccc(NC(=O)c2cc(Cl)ccc2C)c1. The topological polar surface area (TPSA) is 55.4 Å². The van der Waals surface area contributed by atoms with E-state index in [1.54, 1.807) is 42.5 Å². The second kappa shape index (κ2) is 6.41. The van der Waals surface area contributed by atoms with Crippen LogP contribution < -0.4 is 5.32 Å². The molecule has 5 heteroatoms. The summed E-state index contributed by atoms with van der Waals surface area (Å²) in [6, 6.07) is 11.7. The lowest BCUT2D eigenvalue weighted by Gasteiger charge is -2.09. The Morgan fingerprint density at radius 1 is 1.14 bits per heavy atom. The number of halogens is 1. The minimum Gasteiger partial charge on any atom is -0.465 e. The summed E-state index contributed by atoms with van der Waals surface area (Å²) < 4.78 is 4.65. The molecule has 0 spiro atoms. The van der Waals surface area contributed by atoms with Gasteiger partial charge in [0.05, 0.1) is 12.7 Å². The Labute approximate surface area is 127 Å². The van der Waals surface area contributed by atoms with Crippen LogP contribution in [0.25, 0.3) is 0 Å². The number of carbonyl (C=O) groups is 2. The Balaban J connectivity index is 2.23. The van der Waals surface area contributed by atoms with Gasteiger partial charge in [-0.15, -0.1) is 0 Å². The molecule has 1 N–H and O–H groups in total. The maximum Gasteiger partial charge on any atom is 0.337 e. The zero-order chi connectivity index (χ0) is 15.4. The number of aryl methyl sites for hydroxylation is 1. The van der Waals surface area contributed by atoms with E-state index in [4.69, 9.17) is 11.6 Å². The summed E-state index contributed by atoms with van der Waals surface area (Å²) in [5.74, 6) is -0.734. The zero-order valence-corrected chi connectivity index (χ0v) is 12.4. The Bertz CT molecular complexity index is 698. The van der Waals surface area contributed by atoms with Crippen LogP contribution in [0.2, 0.25) is 5.02 Å². The molecule has 0 aliphatic heterocycles. The van der Waals surface area contributed by atoms with Crippen molar-refractivity contribution in [2.45, 2.75) is 6.92 Å². The van der Waals surface area contributed by atoms with E-state index in [-0.39, 0.29) is 5.91 Å². The molecule has 21 heavy (non-hydrogen) atoms. The lowest BCUT2D eigenvalue weighted by atomic mass is 10.1. The van der Waals surface area contributed by atoms with Crippen LogP contribution in [0.4, 0.5) is 5.69 Å². The lowest BCUT2D eigenvalue weighted by molar-refractivity contribution is 0.0600. The normalized spacial score (nSPS) is 10.0. The molecule has 0 unspecified atom stereocenters. The van der Waals surface area contributed by atoms with Crippen LogP contribution in [0, 0.1) is 6.92 Å². The number of hydrogen-bond donors (Lipinski definition) is 1. The van der Waals surface area contributed by atoms with Crippen molar-refractivity contribution in [3.05, 3.63) is 64.2 Å². The fraction of sp³-hybridized carbons (Fsp3) is 0.125. The van der Waals surface area contributed by atoms with Gasteiger partial charge in [-0.1, -0.05) is 23.7 Å². The zero-order valence-electron chi connectivity index (χ0n) is 11.6. The molecule has 0 bridgehead atoms. The summed E-state index contributed by atoms with van der Waals surface area (Å²) in [4.78, 5) is 23.7. The van der Waals surface area contributed by atoms with Crippen LogP contribution in [0.15, 0.2) is 42.5 Å². The molecule has 4 nitrogen and oxygen atoms in total. The van der Waals surface area contributed by atoms with E-state index >= 15 is 0 Å². The smallest absolute Gasteiger partial charge is 0.337 e. The highest BCUT2D eigenvalue weighted by Gasteiger charge is 2.11. The van der Waals surface area contributed by atoms with E-state index in [2.05, 4.69) is 10.1 Å². The number of nitrogens with one attached hydrogen (secondary N) is 1. The summed E-state index contributed by atoms with van der Waals surface area (Å²) >= 11 is 5.91. The van der Waals surface area contributed by atoms with E-state index in [0.29, 0.717) is 21.8 Å². The van der Waals surface area contributed by atoms with Crippen LogP contribution in [0.1, 0.15) is 26.3 Å². The van der Waals surface area contributed by atoms with E-state index in [0.717, 1.165) is 5.56 Å². The Morgan fingerprint density at radius 2 is 1.90 bits per heavy atom. The summed E-state index contributed by atoms with van der Waals surface area (Å²) in [6.45, 7) is 1.83. The van der Waals surface area contributed by atoms with Gasteiger partial charge in [0.15, 0.2) is 0 Å². The number of ether oxygens (including phenoxy) is 1. The van der Waals surface area contributed by atoms with Gasteiger partial charge in [-0.25, -0.2) is 4.79 Å². The molecule has 0 saturated heterocycles. The molecule has 0 fully saturated rings. The van der Waals surface area contributed by atoms with Crippen molar-refractivity contribution >= 4 is 29.2 Å². The van der Waals surface area contributed by atoms with Crippen molar-refractivity contribution in [1.82, 2.24) is 0 Å². The summed E-state index contributed by atoms with van der Waals surface area (Å²) in [6.07, 6.45) is 0. The predicted molar refractivity (Wildman–Crippen MR) is 81.9 cm³/mol. The Hall–Kier alpha value is -2.33. The number of anilines is 1. The van der Waals surface area contributed by atoms with E-state index in [1.807, 2.05) is 6.92 Å². The van der Waals surface area contributed by atoms with Crippen LogP contribution in [0.5, 0.6) is 0 Å². The average Bonchev–Trinajstić information content (AvgIpc) is 2.49. The van der Waals surface area contributed by atoms with Gasteiger partial charge in [-0.3, -0.25) is 4.79 Å². The van der Waals surface area contributed by atoms with Crippen LogP contribution >= 0.6 is 11.6 Å². The third kappa shape index (κ3) is 3.61. The van der Waals surface area contributed by atoms with Gasteiger partial charge >= 0.3 is 5.97 Å². The van der Waals surface area contributed by atoms with E-state index < -0.39 is 5.97 Å². The minimum atomic E-state index is -0.454. The molecule has 108 valence electrons. The standard InChI is InChI=1S/C16H14ClNO3/c1-10-6-7-12(17)9-14(10)15(19)18-13-5-3-4-11(8-13)16(20)21-2/h3-9H,1-2H3,(H,18,19). The van der Waals surface area contributed by atoms with Crippen molar-refractivity contribution in [1.29, 1.82) is 0 Å². The molecule has 0 heterocycles. The van der Waals surface area contributed by atoms with Crippen LogP contribution in [-0.4, -0.2) is 19.0 Å². The quantitative estimate of drug-likeness (QED) is 0.880. The highest BCUT2D eigenvalue weighted by molar-refractivity contribution is 6.31. The molecule has 0 radical (unpaired) electrons. The van der Waals surface area contributed by atoms with Gasteiger partial charge in [0, 0.05) is 16.3 Å². The van der Waals surface area contributed by atoms with E-state index in [1.165, 1.54) is 7.11 Å². The lowest BCUT2D eigenvalue weighted by Crippen LogP contribution is -2.14. The first-order valence-electron chi connectivity index (χ1n) is 6.27. The van der Waals surface area contributed by atoms with Gasteiger partial charge in [0.2, 0.25) is 0 Å². The monoisotopic (exact) mass is 303 g/mol. The van der Waals surface area contributed by atoms with Gasteiger partial charge in [0.1, 0.15) is 0 Å². The summed E-state index contributed by atoms with van der Waals surface area (Å²) in [7, 11) is 1.31. The molecular formula is C16H14ClNO3. The number of hydrogen-bond acceptors (Lipinski definition) is 3. The maximum atomic E-state index is 12.3. The van der Waals surface area contributed by atoms with Crippen LogP contribution in [-0.2, 0) is 4.74 Å². The van der Waals surface area contributed by atoms with Crippen molar-refractivity contribution in [2.75, 3.05) is 12.4 Å². The molecule has 0 saturated carbocycles. The molecule has 0 aliphatic rings. The fourth-order valence-corrected chi connectivity index (χ4v) is 2.05. The first-order chi connectivity index (χ1) is 10.0. The second-order valence-electron chi connectivity index (χ2n) is 4.49. The molecule has 2 aromatic rings. The summed E-state index contributed by atoms with van der Waals surface area (Å²) in [5.41, 5.74) is 2.20. The predicted octanol–water partition coefficient (Wildman–Crippen LogP) is 3.69. The van der Waals surface area contributed by atoms with Gasteiger partial charge in [-0.05, 0) is 42.8 Å². The van der Waals surface area contributed by atoms with Crippen molar-refractivity contribution in [2.24, 2.45) is 0 Å².